The number of halogens is 2. The van der Waals surface area contributed by atoms with Crippen LogP contribution in [0.25, 0.3) is 0 Å². The topological polar surface area (TPSA) is 93.5 Å². The van der Waals surface area contributed by atoms with Gasteiger partial charge in [0.1, 0.15) is 5.75 Å². The number of carbonyl (C=O) groups excluding carboxylic acids is 2. The van der Waals surface area contributed by atoms with Crippen LogP contribution in [-0.4, -0.2) is 18.5 Å². The van der Waals surface area contributed by atoms with Crippen molar-refractivity contribution in [3.8, 4) is 5.75 Å². The van der Waals surface area contributed by atoms with E-state index in [1.54, 1.807) is 18.2 Å². The van der Waals surface area contributed by atoms with Crippen LogP contribution < -0.4 is 21.1 Å². The van der Waals surface area contributed by atoms with Crippen molar-refractivity contribution in [2.75, 3.05) is 10.6 Å². The van der Waals surface area contributed by atoms with E-state index in [9.17, 15) is 18.4 Å². The van der Waals surface area contributed by atoms with E-state index < -0.39 is 18.5 Å². The number of nitrogens with two attached hydrogens (primary N) is 1. The molecular formula is C15H13F2N3O3. The number of urea groups is 1. The van der Waals surface area contributed by atoms with Gasteiger partial charge < -0.3 is 21.1 Å². The molecule has 0 bridgehead atoms. The highest BCUT2D eigenvalue weighted by Crippen LogP contribution is 2.19. The maximum Gasteiger partial charge on any atom is 0.387 e. The van der Waals surface area contributed by atoms with Crippen molar-refractivity contribution < 1.29 is 23.1 Å². The van der Waals surface area contributed by atoms with Gasteiger partial charge in [0.25, 0.3) is 5.91 Å². The molecule has 3 amide bonds. The van der Waals surface area contributed by atoms with E-state index in [0.29, 0.717) is 16.9 Å². The van der Waals surface area contributed by atoms with Gasteiger partial charge in [-0.1, -0.05) is 6.07 Å². The number of amides is 3. The average Bonchev–Trinajstić information content (AvgIpc) is 2.48. The zero-order valence-corrected chi connectivity index (χ0v) is 11.8. The number of ether oxygens (including phenoxy) is 1. The van der Waals surface area contributed by atoms with E-state index in [-0.39, 0.29) is 5.75 Å². The van der Waals surface area contributed by atoms with Crippen LogP contribution in [0.15, 0.2) is 48.5 Å². The molecule has 0 fully saturated rings. The summed E-state index contributed by atoms with van der Waals surface area (Å²) in [6.45, 7) is -2.91. The summed E-state index contributed by atoms with van der Waals surface area (Å²) in [4.78, 5) is 22.9. The third-order valence-corrected chi connectivity index (χ3v) is 2.73. The zero-order chi connectivity index (χ0) is 16.8. The largest absolute Gasteiger partial charge is 0.435 e. The Labute approximate surface area is 130 Å². The van der Waals surface area contributed by atoms with Crippen LogP contribution in [0.5, 0.6) is 5.75 Å². The van der Waals surface area contributed by atoms with Gasteiger partial charge in [0.15, 0.2) is 0 Å². The highest BCUT2D eigenvalue weighted by Gasteiger charge is 2.08. The molecular weight excluding hydrogens is 308 g/mol. The molecule has 0 aliphatic carbocycles. The van der Waals surface area contributed by atoms with Gasteiger partial charge in [0.05, 0.1) is 0 Å². The smallest absolute Gasteiger partial charge is 0.387 e. The van der Waals surface area contributed by atoms with Crippen molar-refractivity contribution in [1.29, 1.82) is 0 Å². The second kappa shape index (κ2) is 7.21. The van der Waals surface area contributed by atoms with Crippen molar-refractivity contribution in [3.63, 3.8) is 0 Å². The molecule has 2 aromatic carbocycles. The summed E-state index contributed by atoms with van der Waals surface area (Å²) >= 11 is 0. The lowest BCUT2D eigenvalue weighted by molar-refractivity contribution is -0.0498. The quantitative estimate of drug-likeness (QED) is 0.790. The van der Waals surface area contributed by atoms with Crippen molar-refractivity contribution in [2.24, 2.45) is 5.73 Å². The normalized spacial score (nSPS) is 10.2. The van der Waals surface area contributed by atoms with Crippen LogP contribution in [0, 0.1) is 0 Å². The van der Waals surface area contributed by atoms with Crippen molar-refractivity contribution in [1.82, 2.24) is 0 Å². The van der Waals surface area contributed by atoms with Crippen LogP contribution in [0.3, 0.4) is 0 Å². The van der Waals surface area contributed by atoms with E-state index >= 15 is 0 Å². The van der Waals surface area contributed by atoms with E-state index in [1.165, 1.54) is 30.3 Å². The minimum absolute atomic E-state index is 0.00865. The number of hydrogen-bond acceptors (Lipinski definition) is 3. The Bertz CT molecular complexity index is 705. The number of rotatable bonds is 5. The number of benzene rings is 2. The molecule has 23 heavy (non-hydrogen) atoms. The number of hydrogen-bond donors (Lipinski definition) is 3. The molecule has 4 N–H and O–H groups in total. The minimum Gasteiger partial charge on any atom is -0.435 e. The molecule has 0 aromatic heterocycles. The number of alkyl halides is 2. The Kier molecular flexibility index (Phi) is 5.08. The molecule has 120 valence electrons. The Hall–Kier alpha value is -3.16. The van der Waals surface area contributed by atoms with Crippen molar-refractivity contribution >= 4 is 23.3 Å². The van der Waals surface area contributed by atoms with Crippen LogP contribution in [0.1, 0.15) is 10.4 Å². The molecule has 0 aliphatic heterocycles. The molecule has 6 nitrogen and oxygen atoms in total. The van der Waals surface area contributed by atoms with Gasteiger partial charge in [-0.25, -0.2) is 4.79 Å². The Morgan fingerprint density at radius 2 is 1.70 bits per heavy atom. The molecule has 0 atom stereocenters. The monoisotopic (exact) mass is 321 g/mol. The first-order valence-electron chi connectivity index (χ1n) is 6.47. The SMILES string of the molecule is NC(=O)Nc1cccc(C(=O)Nc2ccc(OC(F)F)cc2)c1. The van der Waals surface area contributed by atoms with Crippen LogP contribution in [-0.2, 0) is 0 Å². The van der Waals surface area contributed by atoms with Gasteiger partial charge in [-0.05, 0) is 42.5 Å². The first kappa shape index (κ1) is 16.2. The molecule has 2 aromatic rings. The van der Waals surface area contributed by atoms with E-state index in [0.717, 1.165) is 0 Å². The summed E-state index contributed by atoms with van der Waals surface area (Å²) < 4.78 is 28.3. The van der Waals surface area contributed by atoms with Gasteiger partial charge in [-0.2, -0.15) is 8.78 Å². The van der Waals surface area contributed by atoms with E-state index in [4.69, 9.17) is 5.73 Å². The molecule has 0 unspecified atom stereocenters. The average molecular weight is 321 g/mol. The molecule has 0 saturated carbocycles. The lowest BCUT2D eigenvalue weighted by Gasteiger charge is -2.08. The van der Waals surface area contributed by atoms with Crippen LogP contribution in [0.2, 0.25) is 0 Å². The Morgan fingerprint density at radius 1 is 1.00 bits per heavy atom. The van der Waals surface area contributed by atoms with Gasteiger partial charge in [-0.15, -0.1) is 0 Å². The first-order valence-corrected chi connectivity index (χ1v) is 6.47. The zero-order valence-electron chi connectivity index (χ0n) is 11.8. The summed E-state index contributed by atoms with van der Waals surface area (Å²) in [6.07, 6.45) is 0. The number of nitrogens with one attached hydrogen (secondary N) is 2. The fourth-order valence-corrected chi connectivity index (χ4v) is 1.80. The van der Waals surface area contributed by atoms with Crippen LogP contribution in [0.4, 0.5) is 25.0 Å². The first-order chi connectivity index (χ1) is 10.9. The summed E-state index contributed by atoms with van der Waals surface area (Å²) in [5, 5.41) is 4.95. The van der Waals surface area contributed by atoms with Gasteiger partial charge >= 0.3 is 12.6 Å². The second-order valence-electron chi connectivity index (χ2n) is 4.43. The standard InChI is InChI=1S/C15H13F2N3O3/c16-14(17)23-12-6-4-10(5-7-12)19-13(21)9-2-1-3-11(8-9)20-15(18)22/h1-8,14H,(H,19,21)(H3,18,20,22). The molecule has 0 aliphatic rings. The second-order valence-corrected chi connectivity index (χ2v) is 4.43. The molecule has 0 saturated heterocycles. The molecule has 0 radical (unpaired) electrons. The highest BCUT2D eigenvalue weighted by molar-refractivity contribution is 6.05. The maximum absolute atomic E-state index is 12.1. The van der Waals surface area contributed by atoms with E-state index in [1.807, 2.05) is 0 Å². The lowest BCUT2D eigenvalue weighted by Crippen LogP contribution is -2.19. The fourth-order valence-electron chi connectivity index (χ4n) is 1.80. The maximum atomic E-state index is 12.1. The molecule has 8 heteroatoms. The summed E-state index contributed by atoms with van der Waals surface area (Å²) in [5.74, 6) is -0.439. The number of primary amides is 1. The summed E-state index contributed by atoms with van der Waals surface area (Å²) in [5.41, 5.74) is 6.09. The predicted octanol–water partition coefficient (Wildman–Crippen LogP) is 3.03. The van der Waals surface area contributed by atoms with Crippen molar-refractivity contribution in [2.45, 2.75) is 6.61 Å². The van der Waals surface area contributed by atoms with Crippen molar-refractivity contribution in [3.05, 3.63) is 54.1 Å². The minimum atomic E-state index is -2.91. The lowest BCUT2D eigenvalue weighted by atomic mass is 10.2. The Balaban J connectivity index is 2.05. The van der Waals surface area contributed by atoms with Gasteiger partial charge in [0, 0.05) is 16.9 Å². The summed E-state index contributed by atoms with van der Waals surface area (Å²) in [6, 6.07) is 10.9. The fraction of sp³-hybridized carbons (Fsp3) is 0.0667. The molecule has 2 rings (SSSR count). The Morgan fingerprint density at radius 3 is 2.30 bits per heavy atom. The van der Waals surface area contributed by atoms with Crippen LogP contribution >= 0.6 is 0 Å². The predicted molar refractivity (Wildman–Crippen MR) is 80.7 cm³/mol. The highest BCUT2D eigenvalue weighted by atomic mass is 19.3. The third-order valence-electron chi connectivity index (χ3n) is 2.73. The van der Waals surface area contributed by atoms with E-state index in [2.05, 4.69) is 15.4 Å². The van der Waals surface area contributed by atoms with Gasteiger partial charge in [0.2, 0.25) is 0 Å². The number of carbonyl (C=O) groups is 2. The molecule has 0 heterocycles. The molecule has 0 spiro atoms. The third kappa shape index (κ3) is 4.95. The number of anilines is 2. The summed E-state index contributed by atoms with van der Waals surface area (Å²) in [7, 11) is 0. The van der Waals surface area contributed by atoms with Gasteiger partial charge in [-0.3, -0.25) is 4.79 Å².